The Morgan fingerprint density at radius 1 is 0.714 bits per heavy atom. The van der Waals surface area contributed by atoms with Crippen LogP contribution in [0.2, 0.25) is 0 Å². The van der Waals surface area contributed by atoms with Crippen molar-refractivity contribution in [2.24, 2.45) is 0 Å². The Morgan fingerprint density at radius 2 is 0.952 bits per heavy atom. The average Bonchev–Trinajstić information content (AvgIpc) is 2.21. The van der Waals surface area contributed by atoms with Gasteiger partial charge in [-0.25, -0.2) is 8.37 Å². The number of hydrogen-bond donors (Lipinski definition) is 2. The summed E-state index contributed by atoms with van der Waals surface area (Å²) in [5.41, 5.74) is 0. The molecule has 0 saturated heterocycles. The lowest BCUT2D eigenvalue weighted by Gasteiger charge is -2.31. The van der Waals surface area contributed by atoms with Crippen molar-refractivity contribution in [3.63, 3.8) is 0 Å². The molecule has 0 aromatic rings. The van der Waals surface area contributed by atoms with Gasteiger partial charge in [-0.3, -0.25) is 9.11 Å². The third-order valence-corrected chi connectivity index (χ3v) is 2.53. The SMILES string of the molecule is O=S(=O)(O)OCC(F)(F)C(F)(F)C(F)(F)COS(=O)(=O)O. The third kappa shape index (κ3) is 5.91. The molecular weight excluding hydrogens is 366 g/mol. The van der Waals surface area contributed by atoms with Crippen molar-refractivity contribution >= 4 is 20.8 Å². The molecule has 0 amide bonds. The third-order valence-electron chi connectivity index (χ3n) is 1.70. The summed E-state index contributed by atoms with van der Waals surface area (Å²) < 4.78 is 139. The summed E-state index contributed by atoms with van der Waals surface area (Å²) in [5.74, 6) is -18.0. The molecule has 0 fully saturated rings. The van der Waals surface area contributed by atoms with Crippen molar-refractivity contribution in [2.45, 2.75) is 17.8 Å². The van der Waals surface area contributed by atoms with E-state index in [1.807, 2.05) is 0 Å². The molecule has 0 bridgehead atoms. The molecule has 8 nitrogen and oxygen atoms in total. The molecule has 0 saturated carbocycles. The molecule has 21 heavy (non-hydrogen) atoms. The highest BCUT2D eigenvalue weighted by molar-refractivity contribution is 7.81. The van der Waals surface area contributed by atoms with E-state index in [1.54, 1.807) is 0 Å². The summed E-state index contributed by atoms with van der Waals surface area (Å²) in [6, 6.07) is 0. The number of halogens is 6. The standard InChI is InChI=1S/C5H6F6O8S2/c6-3(7,1-18-20(12,13)14)5(10,11)4(8,9)2-19-21(15,16)17/h1-2H2,(H,12,13,14)(H,15,16,17). The first-order chi connectivity index (χ1) is 8.91. The van der Waals surface area contributed by atoms with Crippen molar-refractivity contribution in [3.8, 4) is 0 Å². The molecule has 0 atom stereocenters. The molecule has 0 aliphatic carbocycles. The molecule has 0 unspecified atom stereocenters. The van der Waals surface area contributed by atoms with E-state index in [0.29, 0.717) is 0 Å². The van der Waals surface area contributed by atoms with Crippen LogP contribution in [0.5, 0.6) is 0 Å². The van der Waals surface area contributed by atoms with Gasteiger partial charge >= 0.3 is 38.6 Å². The highest BCUT2D eigenvalue weighted by Gasteiger charge is 2.72. The monoisotopic (exact) mass is 372 g/mol. The van der Waals surface area contributed by atoms with Crippen molar-refractivity contribution in [2.75, 3.05) is 13.2 Å². The van der Waals surface area contributed by atoms with E-state index in [2.05, 4.69) is 8.37 Å². The number of rotatable bonds is 8. The van der Waals surface area contributed by atoms with E-state index in [9.17, 15) is 43.2 Å². The molecule has 2 N–H and O–H groups in total. The second kappa shape index (κ2) is 5.84. The van der Waals surface area contributed by atoms with E-state index >= 15 is 0 Å². The normalized spacial score (nSPS) is 15.2. The smallest absolute Gasteiger partial charge is 0.264 e. The molecule has 128 valence electrons. The van der Waals surface area contributed by atoms with Crippen molar-refractivity contribution in [1.82, 2.24) is 0 Å². The van der Waals surface area contributed by atoms with Crippen LogP contribution in [0.4, 0.5) is 26.3 Å². The first kappa shape index (κ1) is 20.3. The Kier molecular flexibility index (Phi) is 5.65. The summed E-state index contributed by atoms with van der Waals surface area (Å²) in [5, 5.41) is 0. The quantitative estimate of drug-likeness (QED) is 0.467. The summed E-state index contributed by atoms with van der Waals surface area (Å²) in [6.07, 6.45) is 0. The zero-order chi connectivity index (χ0) is 17.3. The molecule has 0 aromatic heterocycles. The van der Waals surface area contributed by atoms with Gasteiger partial charge in [-0.2, -0.15) is 43.2 Å². The predicted octanol–water partition coefficient (Wildman–Crippen LogP) is 0.531. The topological polar surface area (TPSA) is 127 Å². The summed E-state index contributed by atoms with van der Waals surface area (Å²) in [4.78, 5) is 0. The Bertz CT molecular complexity index is 518. The molecule has 0 heterocycles. The van der Waals surface area contributed by atoms with Gasteiger partial charge in [0.05, 0.1) is 0 Å². The minimum Gasteiger partial charge on any atom is -0.264 e. The zero-order valence-corrected chi connectivity index (χ0v) is 11.0. The van der Waals surface area contributed by atoms with Gasteiger partial charge in [0.1, 0.15) is 13.2 Å². The highest BCUT2D eigenvalue weighted by Crippen LogP contribution is 2.46. The molecule has 0 radical (unpaired) electrons. The van der Waals surface area contributed by atoms with Crippen LogP contribution in [0.1, 0.15) is 0 Å². The van der Waals surface area contributed by atoms with Crippen LogP contribution in [0, 0.1) is 0 Å². The fourth-order valence-corrected chi connectivity index (χ4v) is 1.34. The van der Waals surface area contributed by atoms with Crippen LogP contribution in [0.3, 0.4) is 0 Å². The molecule has 0 aliphatic rings. The summed E-state index contributed by atoms with van der Waals surface area (Å²) >= 11 is 0. The maximum absolute atomic E-state index is 12.9. The van der Waals surface area contributed by atoms with Crippen LogP contribution in [0.25, 0.3) is 0 Å². The van der Waals surface area contributed by atoms with Crippen molar-refractivity contribution < 1.29 is 60.6 Å². The predicted molar refractivity (Wildman–Crippen MR) is 49.8 cm³/mol. The maximum atomic E-state index is 12.9. The highest BCUT2D eigenvalue weighted by atomic mass is 32.3. The lowest BCUT2D eigenvalue weighted by Crippen LogP contribution is -2.58. The van der Waals surface area contributed by atoms with Gasteiger partial charge in [-0.1, -0.05) is 0 Å². The second-order valence-corrected chi connectivity index (χ2v) is 5.55. The Hall–Kier alpha value is -0.680. The van der Waals surface area contributed by atoms with Crippen LogP contribution in [-0.2, 0) is 29.2 Å². The second-order valence-electron chi connectivity index (χ2n) is 3.36. The number of hydrogen-bond acceptors (Lipinski definition) is 6. The molecule has 0 aliphatic heterocycles. The van der Waals surface area contributed by atoms with Gasteiger partial charge in [-0.05, 0) is 0 Å². The van der Waals surface area contributed by atoms with Gasteiger partial charge in [0, 0.05) is 0 Å². The van der Waals surface area contributed by atoms with E-state index in [4.69, 9.17) is 9.11 Å². The fourth-order valence-electron chi connectivity index (χ4n) is 0.746. The Balaban J connectivity index is 5.22. The molecule has 0 aromatic carbocycles. The van der Waals surface area contributed by atoms with E-state index in [-0.39, 0.29) is 0 Å². The van der Waals surface area contributed by atoms with Crippen molar-refractivity contribution in [1.29, 1.82) is 0 Å². The van der Waals surface area contributed by atoms with Gasteiger partial charge in [-0.15, -0.1) is 0 Å². The van der Waals surface area contributed by atoms with Crippen molar-refractivity contribution in [3.05, 3.63) is 0 Å². The van der Waals surface area contributed by atoms with Crippen LogP contribution < -0.4 is 0 Å². The minimum atomic E-state index is -6.34. The summed E-state index contributed by atoms with van der Waals surface area (Å²) in [7, 11) is -11.2. The van der Waals surface area contributed by atoms with Gasteiger partial charge < -0.3 is 0 Å². The molecule has 0 spiro atoms. The zero-order valence-electron chi connectivity index (χ0n) is 9.34. The van der Waals surface area contributed by atoms with Crippen LogP contribution >= 0.6 is 0 Å². The molecule has 16 heteroatoms. The van der Waals surface area contributed by atoms with Crippen LogP contribution in [0.15, 0.2) is 0 Å². The van der Waals surface area contributed by atoms with Gasteiger partial charge in [0.25, 0.3) is 0 Å². The first-order valence-electron chi connectivity index (χ1n) is 4.28. The molecular formula is C5H6F6O8S2. The first-order valence-corrected chi connectivity index (χ1v) is 7.01. The Labute approximate surface area is 113 Å². The average molecular weight is 372 g/mol. The Morgan fingerprint density at radius 3 is 1.14 bits per heavy atom. The largest absolute Gasteiger partial charge is 0.397 e. The van der Waals surface area contributed by atoms with E-state index < -0.39 is 51.8 Å². The van der Waals surface area contributed by atoms with E-state index in [0.717, 1.165) is 0 Å². The van der Waals surface area contributed by atoms with Gasteiger partial charge in [0.2, 0.25) is 0 Å². The number of alkyl halides is 6. The lowest BCUT2D eigenvalue weighted by molar-refractivity contribution is -0.320. The van der Waals surface area contributed by atoms with Crippen LogP contribution in [-0.4, -0.2) is 56.9 Å². The maximum Gasteiger partial charge on any atom is 0.397 e. The van der Waals surface area contributed by atoms with E-state index in [1.165, 1.54) is 0 Å². The molecule has 0 rings (SSSR count). The summed E-state index contributed by atoms with van der Waals surface area (Å²) in [6.45, 7) is -5.72. The minimum absolute atomic E-state index is 2.86. The van der Waals surface area contributed by atoms with Gasteiger partial charge in [0.15, 0.2) is 0 Å². The fraction of sp³-hybridized carbons (Fsp3) is 1.00. The lowest BCUT2D eigenvalue weighted by atomic mass is 10.1.